The summed E-state index contributed by atoms with van der Waals surface area (Å²) in [6.45, 7) is 18.1. The maximum Gasteiger partial charge on any atom is 0.184 e. The number of hydrogen-bond donors (Lipinski definition) is 0. The van der Waals surface area contributed by atoms with E-state index in [0.29, 0.717) is 0 Å². The van der Waals surface area contributed by atoms with Gasteiger partial charge in [-0.15, -0.1) is 0 Å². The minimum Gasteiger partial charge on any atom is -0.0834 e. The van der Waals surface area contributed by atoms with E-state index in [1.807, 2.05) is 0 Å². The molecule has 22 heavy (non-hydrogen) atoms. The van der Waals surface area contributed by atoms with Gasteiger partial charge in [0.1, 0.15) is 0 Å². The van der Waals surface area contributed by atoms with E-state index in [2.05, 4.69) is 68.2 Å². The predicted octanol–water partition coefficient (Wildman–Crippen LogP) is 7.95. The topological polar surface area (TPSA) is 0 Å². The Labute approximate surface area is 152 Å². The van der Waals surface area contributed by atoms with Crippen LogP contribution < -0.4 is 0 Å². The third kappa shape index (κ3) is 14.3. The first-order chi connectivity index (χ1) is 10.0. The molecule has 0 aliphatic carbocycles. The molecule has 0 nitrogen and oxygen atoms in total. The van der Waals surface area contributed by atoms with Crippen LogP contribution in [0.25, 0.3) is 0 Å². The van der Waals surface area contributed by atoms with Crippen LogP contribution in [0.5, 0.6) is 0 Å². The monoisotopic (exact) mass is 402 g/mol. The average molecular weight is 403 g/mol. The maximum absolute atomic E-state index is 3.92. The van der Waals surface area contributed by atoms with Crippen molar-refractivity contribution < 1.29 is 0 Å². The van der Waals surface area contributed by atoms with Gasteiger partial charge in [0.25, 0.3) is 0 Å². The fraction of sp³-hybridized carbons (Fsp3) is 0.889. The maximum atomic E-state index is 3.92. The summed E-state index contributed by atoms with van der Waals surface area (Å²) in [6, 6.07) is 2.96. The van der Waals surface area contributed by atoms with E-state index in [4.69, 9.17) is 0 Å². The second-order valence-corrected chi connectivity index (χ2v) is 21.5. The average Bonchev–Trinajstić information content (AvgIpc) is 2.34. The zero-order chi connectivity index (χ0) is 17.2. The van der Waals surface area contributed by atoms with Crippen molar-refractivity contribution in [1.29, 1.82) is 0 Å². The van der Waals surface area contributed by atoms with Gasteiger partial charge in [0.2, 0.25) is 0 Å². The lowest BCUT2D eigenvalue weighted by Crippen LogP contribution is -2.22. The third-order valence-electron chi connectivity index (χ3n) is 4.25. The molecule has 0 fully saturated rings. The van der Waals surface area contributed by atoms with Gasteiger partial charge < -0.3 is 0 Å². The van der Waals surface area contributed by atoms with Gasteiger partial charge in [0.05, 0.1) is 0 Å². The van der Waals surface area contributed by atoms with Crippen LogP contribution in [-0.4, -0.2) is 22.9 Å². The summed E-state index contributed by atoms with van der Waals surface area (Å²) in [7, 11) is -1.76. The Bertz CT molecular complexity index is 296. The summed E-state index contributed by atoms with van der Waals surface area (Å²) >= 11 is 3.92. The Morgan fingerprint density at radius 3 is 1.68 bits per heavy atom. The van der Waals surface area contributed by atoms with Crippen LogP contribution in [0.3, 0.4) is 0 Å². The Morgan fingerprint density at radius 1 is 0.864 bits per heavy atom. The molecule has 0 bridgehead atoms. The highest BCUT2D eigenvalue weighted by Gasteiger charge is 2.21. The van der Waals surface area contributed by atoms with Crippen LogP contribution in [0.15, 0.2) is 10.5 Å². The molecule has 0 saturated carbocycles. The Kier molecular flexibility index (Phi) is 11.7. The second-order valence-electron chi connectivity index (χ2n) is 9.33. The molecule has 130 valence electrons. The summed E-state index contributed by atoms with van der Waals surface area (Å²) in [5.41, 5.74) is 0. The summed E-state index contributed by atoms with van der Waals surface area (Å²) < 4.78 is 1.51. The molecule has 0 aliphatic heterocycles. The number of halogens is 1. The first-order valence-electron chi connectivity index (χ1n) is 9.41. The summed E-state index contributed by atoms with van der Waals surface area (Å²) in [5, 5.41) is 0. The molecule has 0 spiro atoms. The molecule has 4 heteroatoms. The van der Waals surface area contributed by atoms with Crippen molar-refractivity contribution in [2.75, 3.05) is 0 Å². The molecule has 0 rings (SSSR count). The molecular weight excluding hydrogens is 363 g/mol. The normalized spacial score (nSPS) is 13.5. The molecular formula is C18H40BBrSi2. The highest BCUT2D eigenvalue weighted by molar-refractivity contribution is 9.12. The van der Waals surface area contributed by atoms with Crippen LogP contribution >= 0.6 is 15.9 Å². The molecule has 0 amide bonds. The lowest BCUT2D eigenvalue weighted by molar-refractivity contribution is 0.814. The number of rotatable bonds is 12. The Morgan fingerprint density at radius 2 is 1.32 bits per heavy atom. The zero-order valence-corrected chi connectivity index (χ0v) is 20.0. The summed E-state index contributed by atoms with van der Waals surface area (Å²) in [5.74, 6) is 0. The van der Waals surface area contributed by atoms with Gasteiger partial charge >= 0.3 is 0 Å². The van der Waals surface area contributed by atoms with E-state index in [9.17, 15) is 0 Å². The van der Waals surface area contributed by atoms with E-state index in [1.54, 1.807) is 0 Å². The van der Waals surface area contributed by atoms with Crippen molar-refractivity contribution >= 4 is 38.8 Å². The Balaban J connectivity index is 4.45. The predicted molar refractivity (Wildman–Crippen MR) is 117 cm³/mol. The van der Waals surface area contributed by atoms with Gasteiger partial charge in [0.15, 0.2) is 6.71 Å². The highest BCUT2D eigenvalue weighted by Crippen LogP contribution is 2.26. The van der Waals surface area contributed by atoms with E-state index < -0.39 is 16.1 Å². The van der Waals surface area contributed by atoms with Crippen LogP contribution in [0.4, 0.5) is 0 Å². The van der Waals surface area contributed by atoms with E-state index >= 15 is 0 Å². The van der Waals surface area contributed by atoms with Crippen molar-refractivity contribution in [3.63, 3.8) is 0 Å². The molecule has 0 unspecified atom stereocenters. The molecule has 0 saturated heterocycles. The van der Waals surface area contributed by atoms with Crippen molar-refractivity contribution in [3.05, 3.63) is 10.5 Å². The van der Waals surface area contributed by atoms with Gasteiger partial charge in [-0.1, -0.05) is 119 Å². The van der Waals surface area contributed by atoms with Crippen molar-refractivity contribution in [2.24, 2.45) is 0 Å². The fourth-order valence-corrected chi connectivity index (χ4v) is 6.00. The van der Waals surface area contributed by atoms with Gasteiger partial charge in [-0.05, 0) is 10.8 Å². The van der Waals surface area contributed by atoms with Crippen molar-refractivity contribution in [1.82, 2.24) is 0 Å². The lowest BCUT2D eigenvalue weighted by atomic mass is 9.44. The van der Waals surface area contributed by atoms with Gasteiger partial charge in [0, 0.05) is 16.1 Å². The molecule has 0 heterocycles. The third-order valence-corrected chi connectivity index (χ3v) is 8.92. The van der Waals surface area contributed by atoms with Crippen LogP contribution in [0.1, 0.15) is 39.0 Å². The van der Waals surface area contributed by atoms with Crippen LogP contribution in [0.2, 0.25) is 64.0 Å². The second kappa shape index (κ2) is 11.3. The standard InChI is InChI=1S/C18H40BBrSi2/c1-8-9-10-13-18(20)19(14-11-16-21(2,3)4)15-12-17-22(5,6)7/h13H,8-12,14-17H2,1-7H3/b18-13-. The van der Waals surface area contributed by atoms with Crippen LogP contribution in [0, 0.1) is 0 Å². The molecule has 0 aromatic rings. The van der Waals surface area contributed by atoms with Gasteiger partial charge in [-0.2, -0.15) is 0 Å². The number of allylic oxidation sites excluding steroid dienone is 1. The zero-order valence-electron chi connectivity index (χ0n) is 16.4. The molecule has 0 aromatic carbocycles. The fourth-order valence-electron chi connectivity index (χ4n) is 2.79. The minimum absolute atomic E-state index is 0.782. The van der Waals surface area contributed by atoms with E-state index in [1.165, 1.54) is 61.2 Å². The SMILES string of the molecule is CCCC/C=C(\Br)B(CCC[Si](C)(C)C)CCC[Si](C)(C)C. The van der Waals surface area contributed by atoms with Crippen LogP contribution in [-0.2, 0) is 0 Å². The molecule has 0 aromatic heterocycles. The molecule has 0 radical (unpaired) electrons. The quantitative estimate of drug-likeness (QED) is 0.229. The Hall–Kier alpha value is 0.719. The van der Waals surface area contributed by atoms with E-state index in [-0.39, 0.29) is 0 Å². The van der Waals surface area contributed by atoms with E-state index in [0.717, 1.165) is 6.71 Å². The van der Waals surface area contributed by atoms with Crippen molar-refractivity contribution in [3.8, 4) is 0 Å². The lowest BCUT2D eigenvalue weighted by Gasteiger charge is -2.20. The minimum atomic E-state index is -0.879. The highest BCUT2D eigenvalue weighted by atomic mass is 79.9. The summed E-state index contributed by atoms with van der Waals surface area (Å²) in [4.78, 5) is 0. The molecule has 0 aliphatic rings. The largest absolute Gasteiger partial charge is 0.184 e. The number of hydrogen-bond acceptors (Lipinski definition) is 0. The molecule has 0 atom stereocenters. The number of unbranched alkanes of at least 4 members (excludes halogenated alkanes) is 2. The van der Waals surface area contributed by atoms with Crippen molar-refractivity contribution in [2.45, 2.75) is 103 Å². The molecule has 0 N–H and O–H groups in total. The van der Waals surface area contributed by atoms with Gasteiger partial charge in [-0.25, -0.2) is 0 Å². The summed E-state index contributed by atoms with van der Waals surface area (Å²) in [6.07, 6.45) is 12.0. The first kappa shape index (κ1) is 22.7. The van der Waals surface area contributed by atoms with Gasteiger partial charge in [-0.3, -0.25) is 0 Å². The first-order valence-corrected chi connectivity index (χ1v) is 17.6. The smallest absolute Gasteiger partial charge is 0.0834 e.